The number of nitrogens with zero attached hydrogens (tertiary/aromatic N) is 1. The first-order chi connectivity index (χ1) is 25.1. The molecule has 0 aliphatic heterocycles. The van der Waals surface area contributed by atoms with Gasteiger partial charge in [-0.2, -0.15) is 0 Å². The lowest BCUT2D eigenvalue weighted by Gasteiger charge is -2.27. The van der Waals surface area contributed by atoms with Crippen molar-refractivity contribution in [1.82, 2.24) is 0 Å². The highest BCUT2D eigenvalue weighted by molar-refractivity contribution is 6.25. The van der Waals surface area contributed by atoms with Crippen LogP contribution in [0.4, 0.5) is 17.1 Å². The van der Waals surface area contributed by atoms with E-state index in [0.717, 1.165) is 11.4 Å². The molecule has 0 heterocycles. The van der Waals surface area contributed by atoms with Crippen LogP contribution in [-0.2, 0) is 0 Å². The van der Waals surface area contributed by atoms with Crippen molar-refractivity contribution in [2.24, 2.45) is 0 Å². The summed E-state index contributed by atoms with van der Waals surface area (Å²) in [5.74, 6) is 0. The van der Waals surface area contributed by atoms with Crippen molar-refractivity contribution in [3.63, 3.8) is 0 Å². The first-order valence-corrected chi connectivity index (χ1v) is 17.7. The standard InChI is InChI=1S/C50H37N/c1-34-31-38(23-28-43(34)40-24-29-48-46-19-10-9-17-44(46)45-18-11-12-20-47(45)49(48)33-40)39-25-30-50(35(2)32-39)51(41-15-7-4-8-16-41)42-26-21-37(22-27-42)36-13-5-3-6-14-36/h3-33H,1-2H3. The van der Waals surface area contributed by atoms with Gasteiger partial charge in [-0.1, -0.05) is 146 Å². The van der Waals surface area contributed by atoms with E-state index >= 15 is 0 Å². The van der Waals surface area contributed by atoms with Crippen molar-refractivity contribution in [3.8, 4) is 33.4 Å². The van der Waals surface area contributed by atoms with Gasteiger partial charge in [0.25, 0.3) is 0 Å². The minimum absolute atomic E-state index is 1.13. The van der Waals surface area contributed by atoms with Crippen molar-refractivity contribution in [1.29, 1.82) is 0 Å². The maximum absolute atomic E-state index is 2.38. The Hall–Kier alpha value is -6.44. The summed E-state index contributed by atoms with van der Waals surface area (Å²) in [7, 11) is 0. The molecule has 0 saturated heterocycles. The van der Waals surface area contributed by atoms with Crippen LogP contribution in [0.3, 0.4) is 0 Å². The van der Waals surface area contributed by atoms with Crippen LogP contribution in [-0.4, -0.2) is 0 Å². The molecule has 0 N–H and O–H groups in total. The first kappa shape index (κ1) is 30.6. The zero-order chi connectivity index (χ0) is 34.3. The second-order valence-corrected chi connectivity index (χ2v) is 13.5. The minimum atomic E-state index is 1.13. The molecule has 1 nitrogen and oxygen atoms in total. The van der Waals surface area contributed by atoms with Crippen molar-refractivity contribution in [3.05, 3.63) is 199 Å². The lowest BCUT2D eigenvalue weighted by Crippen LogP contribution is -2.11. The molecule has 0 unspecified atom stereocenters. The molecule has 0 saturated carbocycles. The van der Waals surface area contributed by atoms with Crippen molar-refractivity contribution in [2.75, 3.05) is 4.90 Å². The van der Waals surface area contributed by atoms with E-state index in [2.05, 4.69) is 207 Å². The van der Waals surface area contributed by atoms with E-state index in [4.69, 9.17) is 0 Å². The molecule has 0 aliphatic rings. The Bertz CT molecular complexity index is 2650. The molecule has 0 bridgehead atoms. The van der Waals surface area contributed by atoms with Crippen LogP contribution >= 0.6 is 0 Å². The quantitative estimate of drug-likeness (QED) is 0.162. The van der Waals surface area contributed by atoms with Gasteiger partial charge >= 0.3 is 0 Å². The lowest BCUT2D eigenvalue weighted by atomic mass is 9.90. The Morgan fingerprint density at radius 1 is 0.294 bits per heavy atom. The lowest BCUT2D eigenvalue weighted by molar-refractivity contribution is 1.25. The highest BCUT2D eigenvalue weighted by Gasteiger charge is 2.16. The van der Waals surface area contributed by atoms with Crippen LogP contribution in [0.25, 0.3) is 65.7 Å². The number of aryl methyl sites for hydroxylation is 2. The van der Waals surface area contributed by atoms with Crippen molar-refractivity contribution < 1.29 is 0 Å². The molecule has 51 heavy (non-hydrogen) atoms. The third-order valence-electron chi connectivity index (χ3n) is 10.3. The second-order valence-electron chi connectivity index (χ2n) is 13.5. The molecule has 9 aromatic carbocycles. The molecule has 0 aromatic heterocycles. The maximum atomic E-state index is 2.38. The van der Waals surface area contributed by atoms with Gasteiger partial charge in [0.05, 0.1) is 0 Å². The second kappa shape index (κ2) is 12.8. The molecule has 242 valence electrons. The smallest absolute Gasteiger partial charge is 0.0491 e. The topological polar surface area (TPSA) is 3.24 Å². The third-order valence-corrected chi connectivity index (χ3v) is 10.3. The van der Waals surface area contributed by atoms with Gasteiger partial charge in [0.2, 0.25) is 0 Å². The van der Waals surface area contributed by atoms with E-state index in [-0.39, 0.29) is 0 Å². The number of fused-ring (bicyclic) bond motifs is 6. The normalized spacial score (nSPS) is 11.3. The maximum Gasteiger partial charge on any atom is 0.0491 e. The molecule has 9 rings (SSSR count). The average Bonchev–Trinajstić information content (AvgIpc) is 3.19. The monoisotopic (exact) mass is 651 g/mol. The summed E-state index contributed by atoms with van der Waals surface area (Å²) in [6.45, 7) is 4.45. The average molecular weight is 652 g/mol. The number of rotatable bonds is 6. The van der Waals surface area contributed by atoms with Crippen LogP contribution in [0.2, 0.25) is 0 Å². The zero-order valence-electron chi connectivity index (χ0n) is 28.8. The Kier molecular flexibility index (Phi) is 7.67. The predicted octanol–water partition coefficient (Wildman–Crippen LogP) is 14.2. The highest BCUT2D eigenvalue weighted by atomic mass is 15.1. The Morgan fingerprint density at radius 2 is 0.745 bits per heavy atom. The first-order valence-electron chi connectivity index (χ1n) is 17.7. The largest absolute Gasteiger partial charge is 0.310 e. The van der Waals surface area contributed by atoms with Gasteiger partial charge in [0.15, 0.2) is 0 Å². The molecule has 0 fully saturated rings. The molecule has 0 amide bonds. The van der Waals surface area contributed by atoms with Crippen LogP contribution < -0.4 is 4.90 Å². The highest BCUT2D eigenvalue weighted by Crippen LogP contribution is 2.41. The van der Waals surface area contributed by atoms with Crippen LogP contribution in [0.15, 0.2) is 188 Å². The molecule has 0 aliphatic carbocycles. The van der Waals surface area contributed by atoms with Gasteiger partial charge in [-0.25, -0.2) is 0 Å². The molecular formula is C50H37N. The summed E-state index contributed by atoms with van der Waals surface area (Å²) in [6.07, 6.45) is 0. The number of para-hydroxylation sites is 1. The minimum Gasteiger partial charge on any atom is -0.310 e. The molecule has 0 radical (unpaired) electrons. The summed E-state index contributed by atoms with van der Waals surface area (Å²) in [5.41, 5.74) is 13.3. The fourth-order valence-electron chi connectivity index (χ4n) is 7.77. The number of hydrogen-bond acceptors (Lipinski definition) is 1. The molecule has 0 atom stereocenters. The molecular weight excluding hydrogens is 615 g/mol. The Labute approximate surface area is 299 Å². The summed E-state index contributed by atoms with van der Waals surface area (Å²) in [5, 5.41) is 7.82. The van der Waals surface area contributed by atoms with Gasteiger partial charge < -0.3 is 4.90 Å². The van der Waals surface area contributed by atoms with Gasteiger partial charge in [0.1, 0.15) is 0 Å². The van der Waals surface area contributed by atoms with E-state index < -0.39 is 0 Å². The predicted molar refractivity (Wildman–Crippen MR) is 219 cm³/mol. The van der Waals surface area contributed by atoms with E-state index in [1.807, 2.05) is 0 Å². The summed E-state index contributed by atoms with van der Waals surface area (Å²) < 4.78 is 0. The van der Waals surface area contributed by atoms with Crippen LogP contribution in [0.5, 0.6) is 0 Å². The van der Waals surface area contributed by atoms with E-state index in [0.29, 0.717) is 0 Å². The number of anilines is 3. The molecule has 9 aromatic rings. The van der Waals surface area contributed by atoms with Gasteiger partial charge in [0, 0.05) is 17.1 Å². The summed E-state index contributed by atoms with van der Waals surface area (Å²) in [4.78, 5) is 2.36. The summed E-state index contributed by atoms with van der Waals surface area (Å²) >= 11 is 0. The molecule has 0 spiro atoms. The van der Waals surface area contributed by atoms with Gasteiger partial charge in [-0.3, -0.25) is 0 Å². The van der Waals surface area contributed by atoms with Crippen LogP contribution in [0.1, 0.15) is 11.1 Å². The number of hydrogen-bond donors (Lipinski definition) is 0. The summed E-state index contributed by atoms with van der Waals surface area (Å²) in [6, 6.07) is 68.4. The van der Waals surface area contributed by atoms with Crippen molar-refractivity contribution >= 4 is 49.4 Å². The molecule has 1 heteroatoms. The zero-order valence-corrected chi connectivity index (χ0v) is 28.8. The van der Waals surface area contributed by atoms with E-state index in [1.54, 1.807) is 0 Å². The van der Waals surface area contributed by atoms with E-state index in [1.165, 1.54) is 82.5 Å². The SMILES string of the molecule is Cc1cc(-c2ccc(N(c3ccccc3)c3ccc(-c4ccccc4)cc3)c(C)c2)ccc1-c1ccc2c3ccccc3c3ccccc3c2c1. The third kappa shape index (κ3) is 5.54. The van der Waals surface area contributed by atoms with Gasteiger partial charge in [-0.15, -0.1) is 0 Å². The van der Waals surface area contributed by atoms with Crippen LogP contribution in [0, 0.1) is 13.8 Å². The van der Waals surface area contributed by atoms with Gasteiger partial charge in [-0.05, 0) is 133 Å². The fraction of sp³-hybridized carbons (Fsp3) is 0.0400. The Balaban J connectivity index is 1.07. The Morgan fingerprint density at radius 3 is 1.35 bits per heavy atom. The fourth-order valence-corrected chi connectivity index (χ4v) is 7.77. The number of benzene rings is 9. The van der Waals surface area contributed by atoms with E-state index in [9.17, 15) is 0 Å². The van der Waals surface area contributed by atoms with Crippen molar-refractivity contribution in [2.45, 2.75) is 13.8 Å².